The van der Waals surface area contributed by atoms with Gasteiger partial charge in [-0.1, -0.05) is 6.58 Å². The maximum atomic E-state index is 13.3. The number of nitrogens with two attached hydrogens (primary N) is 1. The first-order valence-corrected chi connectivity index (χ1v) is 9.51. The molecular formula is C21H23F3N4O2. The first-order chi connectivity index (χ1) is 14.0. The Labute approximate surface area is 171 Å². The average Bonchev–Trinajstić information content (AvgIpc) is 3.51. The van der Waals surface area contributed by atoms with E-state index in [0.717, 1.165) is 24.5 Å². The number of rotatable bonds is 6. The molecule has 2 aromatic heterocycles. The topological polar surface area (TPSA) is 81.2 Å². The summed E-state index contributed by atoms with van der Waals surface area (Å²) in [5.41, 5.74) is 5.85. The number of aldehydes is 1. The van der Waals surface area contributed by atoms with E-state index in [4.69, 9.17) is 5.73 Å². The van der Waals surface area contributed by atoms with Gasteiger partial charge in [-0.05, 0) is 55.9 Å². The van der Waals surface area contributed by atoms with Crippen molar-refractivity contribution >= 4 is 23.5 Å². The molecule has 30 heavy (non-hydrogen) atoms. The Morgan fingerprint density at radius 2 is 2.03 bits per heavy atom. The average molecular weight is 420 g/mol. The molecule has 160 valence electrons. The van der Waals surface area contributed by atoms with Gasteiger partial charge in [0.2, 0.25) is 0 Å². The molecule has 0 aliphatic heterocycles. The Kier molecular flexibility index (Phi) is 5.49. The lowest BCUT2D eigenvalue weighted by Crippen LogP contribution is -2.33. The highest BCUT2D eigenvalue weighted by molar-refractivity contribution is 5.89. The van der Waals surface area contributed by atoms with Crippen molar-refractivity contribution in [1.82, 2.24) is 9.55 Å². The fraction of sp³-hybridized carbons (Fsp3) is 0.381. The summed E-state index contributed by atoms with van der Waals surface area (Å²) in [6.45, 7) is 6.67. The molecule has 3 rings (SSSR count). The fourth-order valence-electron chi connectivity index (χ4n) is 3.61. The van der Waals surface area contributed by atoms with Crippen molar-refractivity contribution in [2.24, 2.45) is 0 Å². The number of aryl methyl sites for hydroxylation is 1. The number of nitrogens with zero attached hydrogens (tertiary/aromatic N) is 3. The van der Waals surface area contributed by atoms with E-state index in [-0.39, 0.29) is 46.5 Å². The number of pyridine rings is 2. The number of hydrogen-bond acceptors (Lipinski definition) is 5. The lowest BCUT2D eigenvalue weighted by Gasteiger charge is -2.26. The molecule has 0 bridgehead atoms. The number of nitrogen functional groups attached to an aromatic ring is 1. The zero-order valence-corrected chi connectivity index (χ0v) is 17.0. The molecule has 1 saturated carbocycles. The van der Waals surface area contributed by atoms with Gasteiger partial charge in [-0.25, -0.2) is 4.98 Å². The Bertz CT molecular complexity index is 1090. The molecule has 0 spiro atoms. The molecule has 2 heterocycles. The second kappa shape index (κ2) is 7.62. The molecule has 6 nitrogen and oxygen atoms in total. The number of aromatic nitrogens is 2. The van der Waals surface area contributed by atoms with E-state index in [1.807, 2.05) is 0 Å². The summed E-state index contributed by atoms with van der Waals surface area (Å²) in [4.78, 5) is 30.2. The van der Waals surface area contributed by atoms with Gasteiger partial charge in [-0.3, -0.25) is 9.59 Å². The SMILES string of the molecule is C=C(c1nc(N)c(C2CC2)cc1C=O)N(C)c1c(C)cc(C(F)(F)F)n(CC)c1=O. The molecule has 9 heteroatoms. The van der Waals surface area contributed by atoms with Gasteiger partial charge >= 0.3 is 6.18 Å². The molecule has 0 atom stereocenters. The van der Waals surface area contributed by atoms with Crippen LogP contribution < -0.4 is 16.2 Å². The van der Waals surface area contributed by atoms with Crippen LogP contribution in [0.2, 0.25) is 0 Å². The Hall–Kier alpha value is -3.10. The summed E-state index contributed by atoms with van der Waals surface area (Å²) < 4.78 is 40.7. The summed E-state index contributed by atoms with van der Waals surface area (Å²) >= 11 is 0. The summed E-state index contributed by atoms with van der Waals surface area (Å²) in [6, 6.07) is 2.61. The van der Waals surface area contributed by atoms with Crippen LogP contribution in [0.3, 0.4) is 0 Å². The minimum atomic E-state index is -4.66. The monoisotopic (exact) mass is 420 g/mol. The zero-order valence-electron chi connectivity index (χ0n) is 17.0. The van der Waals surface area contributed by atoms with E-state index in [9.17, 15) is 22.8 Å². The first kappa shape index (κ1) is 21.6. The van der Waals surface area contributed by atoms with E-state index < -0.39 is 17.4 Å². The predicted molar refractivity (Wildman–Crippen MR) is 110 cm³/mol. The fourth-order valence-corrected chi connectivity index (χ4v) is 3.61. The van der Waals surface area contributed by atoms with Crippen molar-refractivity contribution in [2.45, 2.75) is 45.3 Å². The Morgan fingerprint density at radius 3 is 2.53 bits per heavy atom. The molecule has 2 aromatic rings. The van der Waals surface area contributed by atoms with Crippen molar-refractivity contribution in [1.29, 1.82) is 0 Å². The lowest BCUT2D eigenvalue weighted by molar-refractivity contribution is -0.144. The number of carbonyl (C=O) groups excluding carboxylic acids is 1. The molecule has 2 N–H and O–H groups in total. The molecule has 1 fully saturated rings. The first-order valence-electron chi connectivity index (χ1n) is 9.51. The van der Waals surface area contributed by atoms with Gasteiger partial charge in [0.05, 0.1) is 11.4 Å². The zero-order chi connectivity index (χ0) is 22.4. The highest BCUT2D eigenvalue weighted by Crippen LogP contribution is 2.43. The van der Waals surface area contributed by atoms with Gasteiger partial charge in [0.15, 0.2) is 6.29 Å². The van der Waals surface area contributed by atoms with Crippen LogP contribution in [0.15, 0.2) is 23.5 Å². The van der Waals surface area contributed by atoms with Crippen molar-refractivity contribution in [3.05, 3.63) is 57.1 Å². The number of anilines is 2. The Balaban J connectivity index is 2.10. The summed E-state index contributed by atoms with van der Waals surface area (Å²) in [7, 11) is 1.50. The largest absolute Gasteiger partial charge is 0.431 e. The van der Waals surface area contributed by atoms with E-state index in [1.165, 1.54) is 25.8 Å². The molecule has 1 aliphatic carbocycles. The van der Waals surface area contributed by atoms with Crippen molar-refractivity contribution in [2.75, 3.05) is 17.7 Å². The maximum Gasteiger partial charge on any atom is 0.431 e. The van der Waals surface area contributed by atoms with Crippen LogP contribution in [0.25, 0.3) is 5.70 Å². The summed E-state index contributed by atoms with van der Waals surface area (Å²) in [5.74, 6) is 0.563. The van der Waals surface area contributed by atoms with E-state index >= 15 is 0 Å². The van der Waals surface area contributed by atoms with Gasteiger partial charge in [0, 0.05) is 19.2 Å². The van der Waals surface area contributed by atoms with Gasteiger partial charge in [-0.2, -0.15) is 13.2 Å². The van der Waals surface area contributed by atoms with E-state index in [1.54, 1.807) is 6.07 Å². The smallest absolute Gasteiger partial charge is 0.383 e. The molecule has 0 aromatic carbocycles. The number of hydrogen-bond donors (Lipinski definition) is 1. The van der Waals surface area contributed by atoms with E-state index in [2.05, 4.69) is 11.6 Å². The van der Waals surface area contributed by atoms with Gasteiger partial charge < -0.3 is 15.2 Å². The second-order valence-corrected chi connectivity index (χ2v) is 7.41. The minimum absolute atomic E-state index is 0.0262. The quantitative estimate of drug-likeness (QED) is 0.716. The molecular weight excluding hydrogens is 397 g/mol. The normalized spacial score (nSPS) is 13.9. The van der Waals surface area contributed by atoms with Gasteiger partial charge in [0.25, 0.3) is 5.56 Å². The van der Waals surface area contributed by atoms with Crippen LogP contribution in [0.4, 0.5) is 24.7 Å². The van der Waals surface area contributed by atoms with Gasteiger partial charge in [0.1, 0.15) is 17.2 Å². The van der Waals surface area contributed by atoms with Crippen molar-refractivity contribution in [3.63, 3.8) is 0 Å². The van der Waals surface area contributed by atoms with Crippen LogP contribution in [-0.4, -0.2) is 22.9 Å². The standard InChI is InChI=1S/C21H23F3N4O2/c1-5-28-16(21(22,23)24)8-11(2)18(20(28)30)27(4)12(3)17-14(10-29)9-15(13-6-7-13)19(25)26-17/h8-10,13H,3,5-7H2,1-2,4H3,(H2,25,26). The summed E-state index contributed by atoms with van der Waals surface area (Å²) in [5, 5.41) is 0. The molecule has 0 amide bonds. The molecule has 0 saturated heterocycles. The van der Waals surface area contributed by atoms with Crippen molar-refractivity contribution in [3.8, 4) is 0 Å². The molecule has 0 unspecified atom stereocenters. The van der Waals surface area contributed by atoms with Crippen LogP contribution in [0, 0.1) is 6.92 Å². The minimum Gasteiger partial charge on any atom is -0.383 e. The number of carbonyl (C=O) groups is 1. The van der Waals surface area contributed by atoms with Crippen LogP contribution in [0.1, 0.15) is 58.6 Å². The third-order valence-corrected chi connectivity index (χ3v) is 5.34. The van der Waals surface area contributed by atoms with Crippen molar-refractivity contribution < 1.29 is 18.0 Å². The summed E-state index contributed by atoms with van der Waals surface area (Å²) in [6.07, 6.45) is -2.07. The molecule has 0 radical (unpaired) electrons. The maximum absolute atomic E-state index is 13.3. The number of halogens is 3. The molecule has 1 aliphatic rings. The third-order valence-electron chi connectivity index (χ3n) is 5.34. The third kappa shape index (κ3) is 3.71. The van der Waals surface area contributed by atoms with E-state index in [0.29, 0.717) is 10.9 Å². The highest BCUT2D eigenvalue weighted by Gasteiger charge is 2.36. The lowest BCUT2D eigenvalue weighted by atomic mass is 10.0. The van der Waals surface area contributed by atoms with Crippen LogP contribution >= 0.6 is 0 Å². The second-order valence-electron chi connectivity index (χ2n) is 7.41. The number of alkyl halides is 3. The highest BCUT2D eigenvalue weighted by atomic mass is 19.4. The van der Waals surface area contributed by atoms with Crippen LogP contribution in [0.5, 0.6) is 0 Å². The Morgan fingerprint density at radius 1 is 1.40 bits per heavy atom. The predicted octanol–water partition coefficient (Wildman–Crippen LogP) is 3.97. The van der Waals surface area contributed by atoms with Gasteiger partial charge in [-0.15, -0.1) is 0 Å². The van der Waals surface area contributed by atoms with Crippen LogP contribution in [-0.2, 0) is 12.7 Å².